The van der Waals surface area contributed by atoms with E-state index in [1.807, 2.05) is 32.9 Å². The zero-order valence-corrected chi connectivity index (χ0v) is 24.4. The van der Waals surface area contributed by atoms with E-state index in [0.717, 1.165) is 16.1 Å². The van der Waals surface area contributed by atoms with E-state index in [0.29, 0.717) is 10.8 Å². The maximum Gasteiger partial charge on any atom is 0.242 e. The number of halogens is 2. The van der Waals surface area contributed by atoms with E-state index in [-0.39, 0.29) is 48.5 Å². The van der Waals surface area contributed by atoms with Crippen molar-refractivity contribution in [2.24, 2.45) is 0 Å². The molecule has 0 aliphatic heterocycles. The van der Waals surface area contributed by atoms with Crippen molar-refractivity contribution in [1.29, 1.82) is 0 Å². The van der Waals surface area contributed by atoms with Crippen molar-refractivity contribution < 1.29 is 22.7 Å². The lowest BCUT2D eigenvalue weighted by Gasteiger charge is -2.32. The molecule has 0 saturated carbocycles. The Morgan fingerprint density at radius 2 is 1.78 bits per heavy atom. The summed E-state index contributed by atoms with van der Waals surface area (Å²) in [7, 11) is -2.14. The summed E-state index contributed by atoms with van der Waals surface area (Å²) in [5, 5.41) is 3.49. The molecule has 37 heavy (non-hydrogen) atoms. The maximum atomic E-state index is 13.4. The van der Waals surface area contributed by atoms with Crippen LogP contribution in [0.2, 0.25) is 10.0 Å². The standard InChI is InChI=1S/C26H35Cl2N3O5S/c1-18(25(33)29-26(2,3)4)30(17-19-9-7-10-21(15-19)36-5)24(32)11-8-14-31(37(6,34)35)23-16-20(27)12-13-22(23)28/h7,9-10,12-13,15-16,18H,8,11,14,17H2,1-6H3,(H,29,33). The molecule has 1 atom stereocenters. The quantitative estimate of drug-likeness (QED) is 0.414. The average molecular weight is 573 g/mol. The number of hydrogen-bond acceptors (Lipinski definition) is 5. The number of carbonyl (C=O) groups is 2. The van der Waals surface area contributed by atoms with Crippen molar-refractivity contribution in [2.75, 3.05) is 24.2 Å². The maximum absolute atomic E-state index is 13.4. The predicted molar refractivity (Wildman–Crippen MR) is 149 cm³/mol. The minimum absolute atomic E-state index is 0.0141. The van der Waals surface area contributed by atoms with E-state index in [9.17, 15) is 18.0 Å². The summed E-state index contributed by atoms with van der Waals surface area (Å²) in [6.07, 6.45) is 1.29. The van der Waals surface area contributed by atoms with Crippen molar-refractivity contribution in [2.45, 2.75) is 58.7 Å². The van der Waals surface area contributed by atoms with Gasteiger partial charge in [-0.15, -0.1) is 0 Å². The molecular weight excluding hydrogens is 537 g/mol. The van der Waals surface area contributed by atoms with Gasteiger partial charge in [0.05, 0.1) is 24.1 Å². The molecule has 0 bridgehead atoms. The van der Waals surface area contributed by atoms with Gasteiger partial charge in [-0.3, -0.25) is 13.9 Å². The summed E-state index contributed by atoms with van der Waals surface area (Å²) >= 11 is 12.3. The number of ether oxygens (including phenoxy) is 1. The lowest BCUT2D eigenvalue weighted by Crippen LogP contribution is -2.52. The minimum Gasteiger partial charge on any atom is -0.497 e. The molecule has 0 aliphatic rings. The van der Waals surface area contributed by atoms with Crippen molar-refractivity contribution in [3.63, 3.8) is 0 Å². The molecule has 0 fully saturated rings. The lowest BCUT2D eigenvalue weighted by atomic mass is 10.1. The predicted octanol–water partition coefficient (Wildman–Crippen LogP) is 4.88. The number of rotatable bonds is 11. The van der Waals surface area contributed by atoms with Crippen LogP contribution in [0.3, 0.4) is 0 Å². The van der Waals surface area contributed by atoms with Gasteiger partial charge in [-0.05, 0) is 70.0 Å². The number of nitrogens with one attached hydrogen (secondary N) is 1. The average Bonchev–Trinajstić information content (AvgIpc) is 2.79. The van der Waals surface area contributed by atoms with Crippen LogP contribution in [-0.4, -0.2) is 56.6 Å². The van der Waals surface area contributed by atoms with Gasteiger partial charge in [-0.25, -0.2) is 8.42 Å². The molecule has 8 nitrogen and oxygen atoms in total. The van der Waals surface area contributed by atoms with Gasteiger partial charge in [0, 0.05) is 30.1 Å². The van der Waals surface area contributed by atoms with Crippen LogP contribution in [0.15, 0.2) is 42.5 Å². The molecule has 1 unspecified atom stereocenters. The second-order valence-corrected chi connectivity index (χ2v) is 12.6. The highest BCUT2D eigenvalue weighted by Gasteiger charge is 2.29. The summed E-state index contributed by atoms with van der Waals surface area (Å²) in [5.74, 6) is 0.0659. The summed E-state index contributed by atoms with van der Waals surface area (Å²) in [6.45, 7) is 7.48. The summed E-state index contributed by atoms with van der Waals surface area (Å²) in [5.41, 5.74) is 0.573. The first-order valence-corrected chi connectivity index (χ1v) is 14.4. The van der Waals surface area contributed by atoms with Crippen LogP contribution in [0, 0.1) is 0 Å². The van der Waals surface area contributed by atoms with Crippen molar-refractivity contribution in [1.82, 2.24) is 10.2 Å². The first kappa shape index (κ1) is 30.7. The van der Waals surface area contributed by atoms with Gasteiger partial charge < -0.3 is 15.0 Å². The Hall–Kier alpha value is -2.49. The third-order valence-corrected chi connectivity index (χ3v) is 7.22. The van der Waals surface area contributed by atoms with E-state index in [4.69, 9.17) is 27.9 Å². The zero-order chi connectivity index (χ0) is 28.0. The molecule has 2 amide bonds. The number of sulfonamides is 1. The van der Waals surface area contributed by atoms with Gasteiger partial charge >= 0.3 is 0 Å². The third kappa shape index (κ3) is 9.39. The van der Waals surface area contributed by atoms with Crippen molar-refractivity contribution in [3.8, 4) is 5.75 Å². The molecule has 0 heterocycles. The minimum atomic E-state index is -3.69. The second-order valence-electron chi connectivity index (χ2n) is 9.82. The van der Waals surface area contributed by atoms with Crippen molar-refractivity contribution in [3.05, 3.63) is 58.1 Å². The van der Waals surface area contributed by atoms with Crippen LogP contribution in [0.25, 0.3) is 0 Å². The Kier molecular flexibility index (Phi) is 10.7. The molecule has 0 saturated heterocycles. The number of nitrogens with zero attached hydrogens (tertiary/aromatic N) is 2. The first-order chi connectivity index (χ1) is 17.1. The van der Waals surface area contributed by atoms with Crippen LogP contribution >= 0.6 is 23.2 Å². The number of carbonyl (C=O) groups excluding carboxylic acids is 2. The topological polar surface area (TPSA) is 96.0 Å². The lowest BCUT2D eigenvalue weighted by molar-refractivity contribution is -0.141. The van der Waals surface area contributed by atoms with E-state index < -0.39 is 21.6 Å². The normalized spacial score (nSPS) is 12.5. The fourth-order valence-electron chi connectivity index (χ4n) is 3.68. The van der Waals surface area contributed by atoms with Gasteiger partial charge in [-0.1, -0.05) is 35.3 Å². The fraction of sp³-hybridized carbons (Fsp3) is 0.462. The summed E-state index contributed by atoms with van der Waals surface area (Å²) in [6, 6.07) is 11.1. The van der Waals surface area contributed by atoms with Gasteiger partial charge in [0.1, 0.15) is 11.8 Å². The first-order valence-electron chi connectivity index (χ1n) is 11.8. The molecule has 0 aliphatic carbocycles. The van der Waals surface area contributed by atoms with Gasteiger partial charge in [0.25, 0.3) is 0 Å². The van der Waals surface area contributed by atoms with Gasteiger partial charge in [0.2, 0.25) is 21.8 Å². The Bertz CT molecular complexity index is 1210. The Balaban J connectivity index is 2.24. The third-order valence-electron chi connectivity index (χ3n) is 5.48. The van der Waals surface area contributed by atoms with E-state index in [1.165, 1.54) is 17.0 Å². The molecule has 1 N–H and O–H groups in total. The highest BCUT2D eigenvalue weighted by atomic mass is 35.5. The highest BCUT2D eigenvalue weighted by Crippen LogP contribution is 2.31. The molecule has 0 aromatic heterocycles. The van der Waals surface area contributed by atoms with Crippen LogP contribution in [0.4, 0.5) is 5.69 Å². The zero-order valence-electron chi connectivity index (χ0n) is 22.0. The SMILES string of the molecule is COc1cccc(CN(C(=O)CCCN(c2cc(Cl)ccc2Cl)S(C)(=O)=O)C(C)C(=O)NC(C)(C)C)c1. The number of benzene rings is 2. The molecular formula is C26H35Cl2N3O5S. The number of anilines is 1. The molecule has 0 spiro atoms. The summed E-state index contributed by atoms with van der Waals surface area (Å²) < 4.78 is 31.4. The number of amides is 2. The smallest absolute Gasteiger partial charge is 0.242 e. The molecule has 2 aromatic rings. The van der Waals surface area contributed by atoms with E-state index in [1.54, 1.807) is 32.2 Å². The second kappa shape index (κ2) is 12.8. The van der Waals surface area contributed by atoms with Gasteiger partial charge in [0.15, 0.2) is 0 Å². The van der Waals surface area contributed by atoms with Crippen molar-refractivity contribution >= 4 is 50.7 Å². The molecule has 204 valence electrons. The Morgan fingerprint density at radius 3 is 2.38 bits per heavy atom. The number of methoxy groups -OCH3 is 1. The summed E-state index contributed by atoms with van der Waals surface area (Å²) in [4.78, 5) is 27.8. The van der Waals surface area contributed by atoms with Crippen LogP contribution in [0.1, 0.15) is 46.1 Å². The van der Waals surface area contributed by atoms with E-state index >= 15 is 0 Å². The molecule has 2 rings (SSSR count). The van der Waals surface area contributed by atoms with Crippen LogP contribution in [0.5, 0.6) is 5.75 Å². The van der Waals surface area contributed by atoms with Crippen LogP contribution < -0.4 is 14.4 Å². The largest absolute Gasteiger partial charge is 0.497 e. The Morgan fingerprint density at radius 1 is 1.11 bits per heavy atom. The molecule has 2 aromatic carbocycles. The Labute approximate surface area is 229 Å². The fourth-order valence-corrected chi connectivity index (χ4v) is 5.09. The highest BCUT2D eigenvalue weighted by molar-refractivity contribution is 7.92. The van der Waals surface area contributed by atoms with Crippen LogP contribution in [-0.2, 0) is 26.2 Å². The van der Waals surface area contributed by atoms with Gasteiger partial charge in [-0.2, -0.15) is 0 Å². The molecule has 11 heteroatoms. The van der Waals surface area contributed by atoms with E-state index in [2.05, 4.69) is 5.32 Å². The molecule has 0 radical (unpaired) electrons. The monoisotopic (exact) mass is 571 g/mol. The number of hydrogen-bond donors (Lipinski definition) is 1.